The largest absolute Gasteiger partial charge is 0.341 e. The average Bonchev–Trinajstić information content (AvgIpc) is 2.49. The molecule has 0 fully saturated rings. The maximum Gasteiger partial charge on any atom is 0.130 e. The predicted molar refractivity (Wildman–Crippen MR) is 87.7 cm³/mol. The van der Waals surface area contributed by atoms with Gasteiger partial charge in [0, 0.05) is 29.5 Å². The van der Waals surface area contributed by atoms with Gasteiger partial charge in [0.25, 0.3) is 0 Å². The van der Waals surface area contributed by atoms with Crippen molar-refractivity contribution < 1.29 is 4.39 Å². The Kier molecular flexibility index (Phi) is 4.97. The molecule has 1 N–H and O–H groups in total. The summed E-state index contributed by atoms with van der Waals surface area (Å²) in [6.07, 6.45) is 0. The van der Waals surface area contributed by atoms with Crippen molar-refractivity contribution in [1.82, 2.24) is 5.32 Å². The van der Waals surface area contributed by atoms with Crippen molar-refractivity contribution in [2.24, 2.45) is 0 Å². The third kappa shape index (κ3) is 3.08. The summed E-state index contributed by atoms with van der Waals surface area (Å²) in [6, 6.07) is 13.5. The van der Waals surface area contributed by atoms with E-state index < -0.39 is 0 Å². The quantitative estimate of drug-likeness (QED) is 0.866. The molecule has 2 aromatic rings. The molecule has 0 bridgehead atoms. The van der Waals surface area contributed by atoms with Crippen LogP contribution in [0.3, 0.4) is 0 Å². The number of nitrogens with one attached hydrogen (secondary N) is 1. The van der Waals surface area contributed by atoms with E-state index in [-0.39, 0.29) is 11.9 Å². The van der Waals surface area contributed by atoms with E-state index in [4.69, 9.17) is 0 Å². The Labute approximate surface area is 126 Å². The van der Waals surface area contributed by atoms with Gasteiger partial charge in [0.2, 0.25) is 0 Å². The number of aryl methyl sites for hydroxylation is 1. The van der Waals surface area contributed by atoms with E-state index >= 15 is 0 Å². The maximum atomic E-state index is 14.3. The third-order valence-electron chi connectivity index (χ3n) is 3.91. The second-order valence-electron chi connectivity index (χ2n) is 5.21. The fourth-order valence-corrected chi connectivity index (χ4v) is 2.67. The predicted octanol–water partition coefficient (Wildman–Crippen LogP) is 4.57. The standard InChI is InChI=1S/C18H23FN2/c1-5-21(16-11-7-6-9-13(16)2)17-12-8-10-15(19)18(17)14(3)20-4/h6-12,14,20H,5H2,1-4H3. The van der Waals surface area contributed by atoms with E-state index in [9.17, 15) is 4.39 Å². The molecule has 0 aliphatic carbocycles. The van der Waals surface area contributed by atoms with Gasteiger partial charge in [-0.3, -0.25) is 0 Å². The first kappa shape index (κ1) is 15.5. The highest BCUT2D eigenvalue weighted by Crippen LogP contribution is 2.34. The Bertz CT molecular complexity index is 610. The van der Waals surface area contributed by atoms with Crippen LogP contribution in [0.1, 0.15) is 31.0 Å². The number of para-hydroxylation sites is 1. The minimum Gasteiger partial charge on any atom is -0.341 e. The zero-order chi connectivity index (χ0) is 15.4. The van der Waals surface area contributed by atoms with Gasteiger partial charge < -0.3 is 10.2 Å². The summed E-state index contributed by atoms with van der Waals surface area (Å²) in [5.74, 6) is -0.165. The Morgan fingerprint density at radius 3 is 2.38 bits per heavy atom. The first-order chi connectivity index (χ1) is 10.1. The Morgan fingerprint density at radius 2 is 1.76 bits per heavy atom. The summed E-state index contributed by atoms with van der Waals surface area (Å²) in [7, 11) is 1.85. The molecule has 3 heteroatoms. The highest BCUT2D eigenvalue weighted by atomic mass is 19.1. The molecule has 0 aliphatic rings. The van der Waals surface area contributed by atoms with E-state index in [0.717, 1.165) is 17.9 Å². The second-order valence-corrected chi connectivity index (χ2v) is 5.21. The molecular formula is C18H23FN2. The fraction of sp³-hybridized carbons (Fsp3) is 0.333. The Hall–Kier alpha value is -1.87. The van der Waals surface area contributed by atoms with Crippen LogP contribution in [0.25, 0.3) is 0 Å². The summed E-state index contributed by atoms with van der Waals surface area (Å²) >= 11 is 0. The van der Waals surface area contributed by atoms with Crippen LogP contribution in [0.4, 0.5) is 15.8 Å². The van der Waals surface area contributed by atoms with Gasteiger partial charge in [-0.15, -0.1) is 0 Å². The molecule has 0 saturated carbocycles. The minimum atomic E-state index is -0.165. The van der Waals surface area contributed by atoms with Crippen molar-refractivity contribution in [1.29, 1.82) is 0 Å². The molecule has 0 radical (unpaired) electrons. The van der Waals surface area contributed by atoms with E-state index in [0.29, 0.717) is 5.56 Å². The molecule has 0 spiro atoms. The molecule has 1 atom stereocenters. The van der Waals surface area contributed by atoms with Crippen LogP contribution in [0.5, 0.6) is 0 Å². The molecule has 0 aromatic heterocycles. The maximum absolute atomic E-state index is 14.3. The Morgan fingerprint density at radius 1 is 1.10 bits per heavy atom. The highest BCUT2D eigenvalue weighted by Gasteiger charge is 2.19. The molecule has 1 unspecified atom stereocenters. The van der Waals surface area contributed by atoms with Crippen molar-refractivity contribution in [2.75, 3.05) is 18.5 Å². The number of hydrogen-bond donors (Lipinski definition) is 1. The molecule has 0 amide bonds. The molecule has 0 aliphatic heterocycles. The number of hydrogen-bond acceptors (Lipinski definition) is 2. The zero-order valence-electron chi connectivity index (χ0n) is 13.2. The lowest BCUT2D eigenvalue weighted by molar-refractivity contribution is 0.561. The number of rotatable bonds is 5. The van der Waals surface area contributed by atoms with Crippen molar-refractivity contribution in [2.45, 2.75) is 26.8 Å². The Balaban J connectivity index is 2.58. The van der Waals surface area contributed by atoms with Crippen LogP contribution in [-0.2, 0) is 0 Å². The van der Waals surface area contributed by atoms with Crippen LogP contribution in [0, 0.1) is 12.7 Å². The van der Waals surface area contributed by atoms with Gasteiger partial charge in [0.05, 0.1) is 0 Å². The topological polar surface area (TPSA) is 15.3 Å². The van der Waals surface area contributed by atoms with Crippen LogP contribution in [0.2, 0.25) is 0 Å². The SMILES string of the molecule is CCN(c1ccccc1C)c1cccc(F)c1C(C)NC. The third-order valence-corrected chi connectivity index (χ3v) is 3.91. The van der Waals surface area contributed by atoms with Gasteiger partial charge in [-0.2, -0.15) is 0 Å². The van der Waals surface area contributed by atoms with Gasteiger partial charge in [-0.25, -0.2) is 4.39 Å². The van der Waals surface area contributed by atoms with Crippen LogP contribution in [0.15, 0.2) is 42.5 Å². The number of halogens is 1. The summed E-state index contributed by atoms with van der Waals surface area (Å²) in [5.41, 5.74) is 3.94. The first-order valence-electron chi connectivity index (χ1n) is 7.39. The highest BCUT2D eigenvalue weighted by molar-refractivity contribution is 5.69. The molecule has 112 valence electrons. The molecule has 0 saturated heterocycles. The molecule has 2 aromatic carbocycles. The van der Waals surface area contributed by atoms with Gasteiger partial charge >= 0.3 is 0 Å². The molecular weight excluding hydrogens is 263 g/mol. The van der Waals surface area contributed by atoms with E-state index in [1.54, 1.807) is 6.07 Å². The van der Waals surface area contributed by atoms with Gasteiger partial charge in [0.1, 0.15) is 5.82 Å². The summed E-state index contributed by atoms with van der Waals surface area (Å²) in [5, 5.41) is 3.14. The first-order valence-corrected chi connectivity index (χ1v) is 7.39. The van der Waals surface area contributed by atoms with Crippen molar-refractivity contribution in [3.63, 3.8) is 0 Å². The molecule has 21 heavy (non-hydrogen) atoms. The summed E-state index contributed by atoms with van der Waals surface area (Å²) < 4.78 is 14.3. The number of benzene rings is 2. The van der Waals surface area contributed by atoms with E-state index in [1.807, 2.05) is 32.2 Å². The number of anilines is 2. The summed E-state index contributed by atoms with van der Waals surface area (Å²) in [6.45, 7) is 6.94. The van der Waals surface area contributed by atoms with Crippen molar-refractivity contribution in [3.05, 3.63) is 59.4 Å². The van der Waals surface area contributed by atoms with E-state index in [2.05, 4.69) is 36.2 Å². The summed E-state index contributed by atoms with van der Waals surface area (Å²) in [4.78, 5) is 2.17. The zero-order valence-corrected chi connectivity index (χ0v) is 13.2. The fourth-order valence-electron chi connectivity index (χ4n) is 2.67. The van der Waals surface area contributed by atoms with Gasteiger partial charge in [-0.05, 0) is 51.6 Å². The average molecular weight is 286 g/mol. The van der Waals surface area contributed by atoms with Crippen molar-refractivity contribution >= 4 is 11.4 Å². The normalized spacial score (nSPS) is 12.2. The van der Waals surface area contributed by atoms with E-state index in [1.165, 1.54) is 11.6 Å². The minimum absolute atomic E-state index is 0.0423. The van der Waals surface area contributed by atoms with Crippen LogP contribution in [-0.4, -0.2) is 13.6 Å². The van der Waals surface area contributed by atoms with Gasteiger partial charge in [0.15, 0.2) is 0 Å². The lowest BCUT2D eigenvalue weighted by Gasteiger charge is -2.29. The molecule has 0 heterocycles. The molecule has 2 nitrogen and oxygen atoms in total. The van der Waals surface area contributed by atoms with Crippen LogP contribution < -0.4 is 10.2 Å². The molecule has 2 rings (SSSR count). The number of nitrogens with zero attached hydrogens (tertiary/aromatic N) is 1. The van der Waals surface area contributed by atoms with Crippen molar-refractivity contribution in [3.8, 4) is 0 Å². The van der Waals surface area contributed by atoms with Gasteiger partial charge in [-0.1, -0.05) is 24.3 Å². The van der Waals surface area contributed by atoms with Crippen LogP contribution >= 0.6 is 0 Å². The lowest BCUT2D eigenvalue weighted by atomic mass is 10.0. The lowest BCUT2D eigenvalue weighted by Crippen LogP contribution is -2.23. The smallest absolute Gasteiger partial charge is 0.130 e. The monoisotopic (exact) mass is 286 g/mol. The second kappa shape index (κ2) is 6.72.